The van der Waals surface area contributed by atoms with Gasteiger partial charge in [-0.1, -0.05) is 34.6 Å². The van der Waals surface area contributed by atoms with E-state index < -0.39 is 0 Å². The van der Waals surface area contributed by atoms with Crippen LogP contribution >= 0.6 is 27.3 Å². The number of nitrogens with one attached hydrogen (secondary N) is 1. The summed E-state index contributed by atoms with van der Waals surface area (Å²) in [5.41, 5.74) is 1.97. The van der Waals surface area contributed by atoms with Crippen molar-refractivity contribution in [2.24, 2.45) is 17.3 Å². The largest absolute Gasteiger partial charge is 0.314 e. The van der Waals surface area contributed by atoms with E-state index in [4.69, 9.17) is 0 Å². The quantitative estimate of drug-likeness (QED) is 0.678. The first kappa shape index (κ1) is 17.5. The van der Waals surface area contributed by atoms with E-state index >= 15 is 0 Å². The maximum Gasteiger partial charge on any atom is 0.0317 e. The Morgan fingerprint density at radius 3 is 2.52 bits per heavy atom. The molecule has 1 saturated carbocycles. The summed E-state index contributed by atoms with van der Waals surface area (Å²) >= 11 is 5.60. The van der Waals surface area contributed by atoms with Gasteiger partial charge in [-0.3, -0.25) is 0 Å². The van der Waals surface area contributed by atoms with Crippen molar-refractivity contribution in [3.63, 3.8) is 0 Å². The fraction of sp³-hybridized carbons (Fsp3) is 0.778. The van der Waals surface area contributed by atoms with Crippen LogP contribution in [0.15, 0.2) is 15.2 Å². The summed E-state index contributed by atoms with van der Waals surface area (Å²) < 4.78 is 1.32. The second kappa shape index (κ2) is 7.14. The van der Waals surface area contributed by atoms with Crippen LogP contribution in [0, 0.1) is 17.3 Å². The maximum absolute atomic E-state index is 3.77. The molecule has 0 bridgehead atoms. The predicted molar refractivity (Wildman–Crippen MR) is 98.2 cm³/mol. The highest BCUT2D eigenvalue weighted by Crippen LogP contribution is 2.48. The molecule has 3 heteroatoms. The smallest absolute Gasteiger partial charge is 0.0317 e. The second-order valence-electron chi connectivity index (χ2n) is 7.98. The summed E-state index contributed by atoms with van der Waals surface area (Å²) in [6.07, 6.45) is 4.07. The Morgan fingerprint density at radius 2 is 2.00 bits per heavy atom. The minimum absolute atomic E-state index is 0.428. The van der Waals surface area contributed by atoms with Crippen molar-refractivity contribution < 1.29 is 0 Å². The van der Waals surface area contributed by atoms with Gasteiger partial charge in [0, 0.05) is 15.9 Å². The molecular formula is C18H30BrNS. The zero-order valence-electron chi connectivity index (χ0n) is 14.1. The lowest BCUT2D eigenvalue weighted by atomic mass is 9.64. The van der Waals surface area contributed by atoms with Crippen LogP contribution in [0.1, 0.15) is 65.4 Å². The summed E-state index contributed by atoms with van der Waals surface area (Å²) in [6.45, 7) is 12.9. The van der Waals surface area contributed by atoms with Crippen LogP contribution in [0.2, 0.25) is 0 Å². The Kier molecular flexibility index (Phi) is 5.95. The molecule has 1 N–H and O–H groups in total. The minimum atomic E-state index is 0.428. The molecule has 1 aromatic rings. The number of rotatable bonds is 4. The molecule has 1 aliphatic carbocycles. The van der Waals surface area contributed by atoms with E-state index in [1.807, 2.05) is 11.3 Å². The average molecular weight is 372 g/mol. The van der Waals surface area contributed by atoms with Gasteiger partial charge in [0.1, 0.15) is 0 Å². The van der Waals surface area contributed by atoms with Gasteiger partial charge in [0.2, 0.25) is 0 Å². The molecule has 3 unspecified atom stereocenters. The van der Waals surface area contributed by atoms with Gasteiger partial charge in [-0.15, -0.1) is 0 Å². The SMILES string of the molecule is CC(C)NCC1CCC(C(C)(C)C)CC1c1cscc1Br. The molecule has 1 aliphatic rings. The molecule has 0 radical (unpaired) electrons. The van der Waals surface area contributed by atoms with E-state index in [0.29, 0.717) is 17.4 Å². The van der Waals surface area contributed by atoms with Crippen molar-refractivity contribution in [1.82, 2.24) is 5.32 Å². The molecule has 2 rings (SSSR count). The molecule has 1 fully saturated rings. The monoisotopic (exact) mass is 371 g/mol. The van der Waals surface area contributed by atoms with E-state index in [0.717, 1.165) is 18.4 Å². The van der Waals surface area contributed by atoms with Gasteiger partial charge < -0.3 is 5.32 Å². The highest BCUT2D eigenvalue weighted by atomic mass is 79.9. The third-order valence-corrected chi connectivity index (χ3v) is 6.80. The molecule has 3 atom stereocenters. The van der Waals surface area contributed by atoms with Crippen molar-refractivity contribution in [2.45, 2.75) is 65.8 Å². The molecule has 0 spiro atoms. The molecule has 1 aromatic heterocycles. The van der Waals surface area contributed by atoms with Gasteiger partial charge in [0.05, 0.1) is 0 Å². The van der Waals surface area contributed by atoms with E-state index in [1.54, 1.807) is 5.56 Å². The lowest BCUT2D eigenvalue weighted by Crippen LogP contribution is -2.37. The Labute approximate surface area is 143 Å². The molecule has 0 aromatic carbocycles. The van der Waals surface area contributed by atoms with Crippen LogP contribution in [-0.4, -0.2) is 12.6 Å². The molecule has 0 aliphatic heterocycles. The Morgan fingerprint density at radius 1 is 1.29 bits per heavy atom. The van der Waals surface area contributed by atoms with E-state index in [-0.39, 0.29) is 0 Å². The van der Waals surface area contributed by atoms with Crippen LogP contribution in [0.3, 0.4) is 0 Å². The zero-order valence-corrected chi connectivity index (χ0v) is 16.5. The van der Waals surface area contributed by atoms with Crippen molar-refractivity contribution in [1.29, 1.82) is 0 Å². The number of hydrogen-bond acceptors (Lipinski definition) is 2. The molecule has 1 nitrogen and oxygen atoms in total. The van der Waals surface area contributed by atoms with E-state index in [9.17, 15) is 0 Å². The zero-order chi connectivity index (χ0) is 15.6. The van der Waals surface area contributed by atoms with Crippen molar-refractivity contribution >= 4 is 27.3 Å². The van der Waals surface area contributed by atoms with Crippen LogP contribution in [-0.2, 0) is 0 Å². The van der Waals surface area contributed by atoms with Crippen molar-refractivity contribution in [3.8, 4) is 0 Å². The van der Waals surface area contributed by atoms with Crippen LogP contribution < -0.4 is 5.32 Å². The minimum Gasteiger partial charge on any atom is -0.314 e. The summed E-state index contributed by atoms with van der Waals surface area (Å²) in [5.74, 6) is 2.32. The Balaban J connectivity index is 2.16. The Hall–Kier alpha value is 0.140. The first-order valence-corrected chi connectivity index (χ1v) is 9.97. The highest BCUT2D eigenvalue weighted by molar-refractivity contribution is 9.10. The summed E-state index contributed by atoms with van der Waals surface area (Å²) in [4.78, 5) is 0. The van der Waals surface area contributed by atoms with Gasteiger partial charge in [-0.05, 0) is 75.8 Å². The third kappa shape index (κ3) is 4.56. The molecule has 120 valence electrons. The van der Waals surface area contributed by atoms with Crippen LogP contribution in [0.5, 0.6) is 0 Å². The predicted octanol–water partition coefficient (Wildman–Crippen LogP) is 6.05. The standard InChI is InChI=1S/C18H30BrNS/c1-12(2)20-9-13-6-7-14(18(3,4)5)8-15(13)16-10-21-11-17(16)19/h10-15,20H,6-9H2,1-5H3. The van der Waals surface area contributed by atoms with Gasteiger partial charge in [-0.25, -0.2) is 0 Å². The lowest BCUT2D eigenvalue weighted by molar-refractivity contribution is 0.128. The van der Waals surface area contributed by atoms with Gasteiger partial charge in [0.25, 0.3) is 0 Å². The van der Waals surface area contributed by atoms with Crippen LogP contribution in [0.25, 0.3) is 0 Å². The van der Waals surface area contributed by atoms with Crippen molar-refractivity contribution in [2.75, 3.05) is 6.54 Å². The molecule has 1 heterocycles. The molecule has 21 heavy (non-hydrogen) atoms. The van der Waals surface area contributed by atoms with Crippen molar-refractivity contribution in [3.05, 3.63) is 20.8 Å². The van der Waals surface area contributed by atoms with Crippen LogP contribution in [0.4, 0.5) is 0 Å². The lowest BCUT2D eigenvalue weighted by Gasteiger charge is -2.42. The third-order valence-electron chi connectivity index (χ3n) is 5.05. The first-order valence-electron chi connectivity index (χ1n) is 8.24. The van der Waals surface area contributed by atoms with Gasteiger partial charge >= 0.3 is 0 Å². The molecule has 0 amide bonds. The van der Waals surface area contributed by atoms with Gasteiger partial charge in [0.15, 0.2) is 0 Å². The topological polar surface area (TPSA) is 12.0 Å². The summed E-state index contributed by atoms with van der Waals surface area (Å²) in [7, 11) is 0. The number of thiophene rings is 1. The number of hydrogen-bond donors (Lipinski definition) is 1. The molecule has 0 saturated heterocycles. The molecular weight excluding hydrogens is 342 g/mol. The maximum atomic E-state index is 3.77. The average Bonchev–Trinajstić information content (AvgIpc) is 2.81. The Bertz CT molecular complexity index is 446. The fourth-order valence-corrected chi connectivity index (χ4v) is 5.24. The second-order valence-corrected chi connectivity index (χ2v) is 9.58. The van der Waals surface area contributed by atoms with Gasteiger partial charge in [-0.2, -0.15) is 11.3 Å². The summed E-state index contributed by atoms with van der Waals surface area (Å²) in [6, 6.07) is 0.580. The first-order chi connectivity index (χ1) is 9.79. The highest BCUT2D eigenvalue weighted by Gasteiger charge is 2.37. The fourth-order valence-electron chi connectivity index (χ4n) is 3.59. The summed E-state index contributed by atoms with van der Waals surface area (Å²) in [5, 5.41) is 8.27. The normalized spacial score (nSPS) is 27.3. The number of halogens is 1. The van der Waals surface area contributed by atoms with E-state index in [2.05, 4.69) is 66.6 Å². The van der Waals surface area contributed by atoms with E-state index in [1.165, 1.54) is 23.7 Å².